The number of hydrogen-bond donors (Lipinski definition) is 1. The fourth-order valence-corrected chi connectivity index (χ4v) is 1.88. The Morgan fingerprint density at radius 1 is 1.43 bits per heavy atom. The summed E-state index contributed by atoms with van der Waals surface area (Å²) in [4.78, 5) is 14.7. The summed E-state index contributed by atoms with van der Waals surface area (Å²) < 4.78 is 0. The van der Waals surface area contributed by atoms with Crippen molar-refractivity contribution in [3.8, 4) is 11.1 Å². The number of carboxylic acid groups (broad SMARTS) is 1. The van der Waals surface area contributed by atoms with Gasteiger partial charge in [-0.2, -0.15) is 11.3 Å². The Balaban J connectivity index is 2.58. The minimum Gasteiger partial charge on any atom is -0.476 e. The number of rotatable bonds is 2. The Bertz CT molecular complexity index is 451. The largest absolute Gasteiger partial charge is 0.476 e. The summed E-state index contributed by atoms with van der Waals surface area (Å²) in [7, 11) is 0. The molecule has 0 amide bonds. The number of aromatic nitrogens is 1. The van der Waals surface area contributed by atoms with Crippen LogP contribution in [0.15, 0.2) is 35.2 Å². The molecule has 0 bridgehead atoms. The summed E-state index contributed by atoms with van der Waals surface area (Å²) in [6.45, 7) is 0. The molecule has 2 heterocycles. The monoisotopic (exact) mass is 205 g/mol. The molecule has 0 aromatic carbocycles. The predicted octanol–water partition coefficient (Wildman–Crippen LogP) is 2.51. The fraction of sp³-hybridized carbons (Fsp3) is 0. The van der Waals surface area contributed by atoms with Crippen molar-refractivity contribution in [2.45, 2.75) is 0 Å². The molecule has 0 fully saturated rings. The van der Waals surface area contributed by atoms with Crippen LogP contribution in [-0.2, 0) is 0 Å². The van der Waals surface area contributed by atoms with Gasteiger partial charge in [0.2, 0.25) is 0 Å². The van der Waals surface area contributed by atoms with Crippen LogP contribution in [0.3, 0.4) is 0 Å². The molecule has 0 spiro atoms. The molecule has 14 heavy (non-hydrogen) atoms. The predicted molar refractivity (Wildman–Crippen MR) is 54.5 cm³/mol. The number of carboxylic acids is 1. The average Bonchev–Trinajstić information content (AvgIpc) is 2.70. The van der Waals surface area contributed by atoms with Crippen LogP contribution in [0.25, 0.3) is 11.1 Å². The second kappa shape index (κ2) is 3.59. The second-order valence-electron chi connectivity index (χ2n) is 2.72. The van der Waals surface area contributed by atoms with Gasteiger partial charge in [0.25, 0.3) is 0 Å². The molecule has 3 nitrogen and oxygen atoms in total. The Labute approximate surface area is 84.7 Å². The fourth-order valence-electron chi connectivity index (χ4n) is 1.23. The first kappa shape index (κ1) is 8.90. The first-order chi connectivity index (χ1) is 6.79. The average molecular weight is 205 g/mol. The standard InChI is InChI=1S/C10H7NO2S/c12-10(13)9-8(2-1-4-11-9)7-3-5-14-6-7/h1-6H,(H,12,13). The molecule has 0 atom stereocenters. The van der Waals surface area contributed by atoms with Gasteiger partial charge in [0.15, 0.2) is 5.69 Å². The molecule has 0 saturated heterocycles. The van der Waals surface area contributed by atoms with Crippen molar-refractivity contribution in [2.75, 3.05) is 0 Å². The van der Waals surface area contributed by atoms with E-state index < -0.39 is 5.97 Å². The highest BCUT2D eigenvalue weighted by atomic mass is 32.1. The maximum atomic E-state index is 10.9. The number of nitrogens with zero attached hydrogens (tertiary/aromatic N) is 1. The zero-order valence-corrected chi connectivity index (χ0v) is 7.99. The number of hydrogen-bond acceptors (Lipinski definition) is 3. The van der Waals surface area contributed by atoms with Gasteiger partial charge in [-0.15, -0.1) is 0 Å². The van der Waals surface area contributed by atoms with Gasteiger partial charge in [-0.05, 0) is 28.5 Å². The van der Waals surface area contributed by atoms with Gasteiger partial charge in [-0.1, -0.05) is 6.07 Å². The zero-order chi connectivity index (χ0) is 9.97. The molecule has 70 valence electrons. The van der Waals surface area contributed by atoms with E-state index in [1.165, 1.54) is 17.5 Å². The molecule has 0 aliphatic carbocycles. The van der Waals surface area contributed by atoms with Gasteiger partial charge in [0.1, 0.15) is 0 Å². The van der Waals surface area contributed by atoms with E-state index in [2.05, 4.69) is 4.98 Å². The maximum absolute atomic E-state index is 10.9. The topological polar surface area (TPSA) is 50.2 Å². The summed E-state index contributed by atoms with van der Waals surface area (Å²) in [6, 6.07) is 5.38. The van der Waals surface area contributed by atoms with Crippen molar-refractivity contribution >= 4 is 17.3 Å². The Kier molecular flexibility index (Phi) is 2.28. The van der Waals surface area contributed by atoms with Crippen molar-refractivity contribution in [1.29, 1.82) is 0 Å². The zero-order valence-electron chi connectivity index (χ0n) is 7.18. The molecule has 2 aromatic heterocycles. The minimum atomic E-state index is -0.994. The molecular weight excluding hydrogens is 198 g/mol. The lowest BCUT2D eigenvalue weighted by Gasteiger charge is -2.01. The number of aromatic carboxylic acids is 1. The molecular formula is C10H7NO2S. The second-order valence-corrected chi connectivity index (χ2v) is 3.50. The van der Waals surface area contributed by atoms with Crippen molar-refractivity contribution in [2.24, 2.45) is 0 Å². The summed E-state index contributed by atoms with van der Waals surface area (Å²) in [5.41, 5.74) is 1.67. The van der Waals surface area contributed by atoms with Crippen LogP contribution in [0.1, 0.15) is 10.5 Å². The Morgan fingerprint density at radius 2 is 2.29 bits per heavy atom. The van der Waals surface area contributed by atoms with Crippen molar-refractivity contribution in [3.63, 3.8) is 0 Å². The van der Waals surface area contributed by atoms with Crippen LogP contribution in [0.2, 0.25) is 0 Å². The lowest BCUT2D eigenvalue weighted by Crippen LogP contribution is -2.01. The van der Waals surface area contributed by atoms with E-state index in [0.717, 1.165) is 5.56 Å². The molecule has 2 aromatic rings. The smallest absolute Gasteiger partial charge is 0.355 e. The summed E-state index contributed by atoms with van der Waals surface area (Å²) >= 11 is 1.53. The van der Waals surface area contributed by atoms with Gasteiger partial charge >= 0.3 is 5.97 Å². The lowest BCUT2D eigenvalue weighted by atomic mass is 10.1. The Morgan fingerprint density at radius 3 is 2.93 bits per heavy atom. The van der Waals surface area contributed by atoms with Gasteiger partial charge in [-0.25, -0.2) is 9.78 Å². The molecule has 1 N–H and O–H groups in total. The molecule has 0 unspecified atom stereocenters. The lowest BCUT2D eigenvalue weighted by molar-refractivity contribution is 0.0691. The van der Waals surface area contributed by atoms with Gasteiger partial charge in [-0.3, -0.25) is 0 Å². The van der Waals surface area contributed by atoms with E-state index in [0.29, 0.717) is 5.56 Å². The van der Waals surface area contributed by atoms with Crippen molar-refractivity contribution in [3.05, 3.63) is 40.8 Å². The van der Waals surface area contributed by atoms with Gasteiger partial charge < -0.3 is 5.11 Å². The quantitative estimate of drug-likeness (QED) is 0.819. The first-order valence-electron chi connectivity index (χ1n) is 4.00. The third-order valence-electron chi connectivity index (χ3n) is 1.84. The van der Waals surface area contributed by atoms with Crippen LogP contribution >= 0.6 is 11.3 Å². The molecule has 0 radical (unpaired) electrons. The summed E-state index contributed by atoms with van der Waals surface area (Å²) in [6.07, 6.45) is 1.49. The number of pyridine rings is 1. The van der Waals surface area contributed by atoms with Crippen LogP contribution < -0.4 is 0 Å². The van der Waals surface area contributed by atoms with E-state index in [9.17, 15) is 4.79 Å². The van der Waals surface area contributed by atoms with Crippen LogP contribution in [0.4, 0.5) is 0 Å². The SMILES string of the molecule is O=C(O)c1ncccc1-c1ccsc1. The van der Waals surface area contributed by atoms with E-state index in [1.54, 1.807) is 12.1 Å². The molecule has 0 saturated carbocycles. The summed E-state index contributed by atoms with van der Waals surface area (Å²) in [5, 5.41) is 12.7. The van der Waals surface area contributed by atoms with Crippen LogP contribution in [0, 0.1) is 0 Å². The molecule has 0 aliphatic heterocycles. The highest BCUT2D eigenvalue weighted by Crippen LogP contribution is 2.24. The summed E-state index contributed by atoms with van der Waals surface area (Å²) in [5.74, 6) is -0.994. The highest BCUT2D eigenvalue weighted by molar-refractivity contribution is 7.08. The van der Waals surface area contributed by atoms with E-state index >= 15 is 0 Å². The highest BCUT2D eigenvalue weighted by Gasteiger charge is 2.12. The minimum absolute atomic E-state index is 0.103. The van der Waals surface area contributed by atoms with Crippen molar-refractivity contribution < 1.29 is 9.90 Å². The van der Waals surface area contributed by atoms with Crippen LogP contribution in [0.5, 0.6) is 0 Å². The maximum Gasteiger partial charge on any atom is 0.355 e. The third-order valence-corrected chi connectivity index (χ3v) is 2.53. The molecule has 2 rings (SSSR count). The van der Waals surface area contributed by atoms with E-state index in [1.807, 2.05) is 16.8 Å². The van der Waals surface area contributed by atoms with E-state index in [4.69, 9.17) is 5.11 Å². The molecule has 4 heteroatoms. The number of carbonyl (C=O) groups is 1. The van der Waals surface area contributed by atoms with Crippen molar-refractivity contribution in [1.82, 2.24) is 4.98 Å². The first-order valence-corrected chi connectivity index (χ1v) is 4.94. The van der Waals surface area contributed by atoms with Crippen LogP contribution in [-0.4, -0.2) is 16.1 Å². The third kappa shape index (κ3) is 1.52. The molecule has 0 aliphatic rings. The Hall–Kier alpha value is -1.68. The normalized spacial score (nSPS) is 10.0. The number of thiophene rings is 1. The van der Waals surface area contributed by atoms with E-state index in [-0.39, 0.29) is 5.69 Å². The van der Waals surface area contributed by atoms with Gasteiger partial charge in [0, 0.05) is 11.8 Å². The van der Waals surface area contributed by atoms with Gasteiger partial charge in [0.05, 0.1) is 0 Å².